The van der Waals surface area contributed by atoms with Gasteiger partial charge in [-0.05, 0) is 30.2 Å². The van der Waals surface area contributed by atoms with Crippen molar-refractivity contribution in [3.05, 3.63) is 65.7 Å². The summed E-state index contributed by atoms with van der Waals surface area (Å²) in [5.74, 6) is -0.856. The molecule has 1 aliphatic heterocycles. The van der Waals surface area contributed by atoms with Crippen LogP contribution in [0.15, 0.2) is 54.6 Å². The van der Waals surface area contributed by atoms with E-state index in [2.05, 4.69) is 30.0 Å². The molecule has 5 heteroatoms. The molecule has 0 bridgehead atoms. The maximum absolute atomic E-state index is 12.5. The van der Waals surface area contributed by atoms with Gasteiger partial charge >= 0.3 is 11.8 Å². The minimum atomic E-state index is -0.446. The fourth-order valence-corrected chi connectivity index (χ4v) is 3.22. The Morgan fingerprint density at radius 2 is 1.65 bits per heavy atom. The lowest BCUT2D eigenvalue weighted by Crippen LogP contribution is -2.52. The van der Waals surface area contributed by atoms with Crippen LogP contribution in [0.3, 0.4) is 0 Å². The second kappa shape index (κ2) is 8.04. The van der Waals surface area contributed by atoms with Crippen LogP contribution >= 0.6 is 0 Å². The van der Waals surface area contributed by atoms with Gasteiger partial charge in [0.05, 0.1) is 0 Å². The molecule has 3 rings (SSSR count). The van der Waals surface area contributed by atoms with Crippen molar-refractivity contribution >= 4 is 17.5 Å². The SMILES string of the molecule is Cc1cccc(N2CCN(C(=O)C(=O)N(C)Cc3ccccc3)CC2)c1. The van der Waals surface area contributed by atoms with Crippen molar-refractivity contribution in [2.24, 2.45) is 0 Å². The van der Waals surface area contributed by atoms with Gasteiger partial charge in [-0.3, -0.25) is 9.59 Å². The van der Waals surface area contributed by atoms with E-state index in [0.29, 0.717) is 19.6 Å². The normalized spacial score (nSPS) is 14.2. The molecule has 2 aromatic rings. The van der Waals surface area contributed by atoms with E-state index < -0.39 is 11.8 Å². The maximum Gasteiger partial charge on any atom is 0.312 e. The Bertz CT molecular complexity index is 768. The average Bonchev–Trinajstić information content (AvgIpc) is 2.67. The number of amides is 2. The maximum atomic E-state index is 12.5. The first-order valence-electron chi connectivity index (χ1n) is 8.94. The zero-order valence-electron chi connectivity index (χ0n) is 15.4. The summed E-state index contributed by atoms with van der Waals surface area (Å²) in [6.45, 7) is 5.13. The smallest absolute Gasteiger partial charge is 0.312 e. The first kappa shape index (κ1) is 18.0. The van der Waals surface area contributed by atoms with E-state index in [1.165, 1.54) is 16.2 Å². The number of benzene rings is 2. The number of aryl methyl sites for hydroxylation is 1. The van der Waals surface area contributed by atoms with Crippen molar-refractivity contribution < 1.29 is 9.59 Å². The number of hydrogen-bond acceptors (Lipinski definition) is 3. The molecule has 1 heterocycles. The third-order valence-electron chi connectivity index (χ3n) is 4.73. The highest BCUT2D eigenvalue weighted by Crippen LogP contribution is 2.18. The van der Waals surface area contributed by atoms with Gasteiger partial charge in [-0.1, -0.05) is 42.5 Å². The summed E-state index contributed by atoms with van der Waals surface area (Å²) in [7, 11) is 1.68. The zero-order valence-corrected chi connectivity index (χ0v) is 15.4. The Morgan fingerprint density at radius 1 is 0.962 bits per heavy atom. The standard InChI is InChI=1S/C21H25N3O2/c1-17-7-6-10-19(15-17)23-11-13-24(14-12-23)21(26)20(25)22(2)16-18-8-4-3-5-9-18/h3-10,15H,11-14,16H2,1-2H3. The lowest BCUT2D eigenvalue weighted by molar-refractivity contribution is -0.151. The van der Waals surface area contributed by atoms with Gasteiger partial charge in [0.15, 0.2) is 0 Å². The molecular weight excluding hydrogens is 326 g/mol. The minimum absolute atomic E-state index is 0.410. The van der Waals surface area contributed by atoms with Crippen LogP contribution in [0.1, 0.15) is 11.1 Å². The average molecular weight is 351 g/mol. The summed E-state index contributed by atoms with van der Waals surface area (Å²) in [6, 6.07) is 18.1. The highest BCUT2D eigenvalue weighted by Gasteiger charge is 2.28. The number of piperazine rings is 1. The third kappa shape index (κ3) is 4.23. The Morgan fingerprint density at radius 3 is 2.31 bits per heavy atom. The van der Waals surface area contributed by atoms with Crippen LogP contribution in [0.2, 0.25) is 0 Å². The van der Waals surface area contributed by atoms with Crippen LogP contribution in [0, 0.1) is 6.92 Å². The quantitative estimate of drug-likeness (QED) is 0.797. The Balaban J connectivity index is 1.55. The Kier molecular flexibility index (Phi) is 5.56. The number of anilines is 1. The van der Waals surface area contributed by atoms with E-state index >= 15 is 0 Å². The fourth-order valence-electron chi connectivity index (χ4n) is 3.22. The van der Waals surface area contributed by atoms with E-state index in [1.54, 1.807) is 11.9 Å². The number of likely N-dealkylation sites (N-methyl/N-ethyl adjacent to an activating group) is 1. The van der Waals surface area contributed by atoms with Gasteiger partial charge in [-0.2, -0.15) is 0 Å². The van der Waals surface area contributed by atoms with Gasteiger partial charge in [0.25, 0.3) is 0 Å². The van der Waals surface area contributed by atoms with Crippen molar-refractivity contribution in [1.82, 2.24) is 9.80 Å². The van der Waals surface area contributed by atoms with Crippen LogP contribution in [0.5, 0.6) is 0 Å². The molecular formula is C21H25N3O2. The molecule has 1 saturated heterocycles. The first-order chi connectivity index (χ1) is 12.5. The molecule has 2 aromatic carbocycles. The molecule has 136 valence electrons. The van der Waals surface area contributed by atoms with E-state index in [0.717, 1.165) is 18.7 Å². The molecule has 1 fully saturated rings. The molecule has 0 saturated carbocycles. The topological polar surface area (TPSA) is 43.9 Å². The van der Waals surface area contributed by atoms with Crippen LogP contribution in [-0.2, 0) is 16.1 Å². The summed E-state index contributed by atoms with van der Waals surface area (Å²) in [5, 5.41) is 0. The molecule has 1 aliphatic rings. The third-order valence-corrected chi connectivity index (χ3v) is 4.73. The van der Waals surface area contributed by atoms with E-state index in [9.17, 15) is 9.59 Å². The molecule has 5 nitrogen and oxygen atoms in total. The van der Waals surface area contributed by atoms with Crippen LogP contribution in [-0.4, -0.2) is 54.8 Å². The number of carbonyl (C=O) groups excluding carboxylic acids is 2. The van der Waals surface area contributed by atoms with Gasteiger partial charge in [0.2, 0.25) is 0 Å². The fraction of sp³-hybridized carbons (Fsp3) is 0.333. The Labute approximate surface area is 154 Å². The second-order valence-corrected chi connectivity index (χ2v) is 6.77. The predicted molar refractivity (Wildman–Crippen MR) is 103 cm³/mol. The van der Waals surface area contributed by atoms with Crippen molar-refractivity contribution in [3.8, 4) is 0 Å². The molecule has 0 spiro atoms. The summed E-state index contributed by atoms with van der Waals surface area (Å²) in [5.41, 5.74) is 3.41. The lowest BCUT2D eigenvalue weighted by Gasteiger charge is -2.36. The van der Waals surface area contributed by atoms with Gasteiger partial charge < -0.3 is 14.7 Å². The number of rotatable bonds is 3. The lowest BCUT2D eigenvalue weighted by atomic mass is 10.2. The molecule has 26 heavy (non-hydrogen) atoms. The summed E-state index contributed by atoms with van der Waals surface area (Å²) in [4.78, 5) is 30.4. The van der Waals surface area contributed by atoms with Gasteiger partial charge in [-0.15, -0.1) is 0 Å². The molecule has 0 aliphatic carbocycles. The predicted octanol–water partition coefficient (Wildman–Crippen LogP) is 2.30. The highest BCUT2D eigenvalue weighted by atomic mass is 16.2. The van der Waals surface area contributed by atoms with E-state index in [1.807, 2.05) is 36.4 Å². The number of carbonyl (C=O) groups is 2. The van der Waals surface area contributed by atoms with Crippen LogP contribution < -0.4 is 4.90 Å². The largest absolute Gasteiger partial charge is 0.368 e. The van der Waals surface area contributed by atoms with Gasteiger partial charge in [-0.25, -0.2) is 0 Å². The minimum Gasteiger partial charge on any atom is -0.368 e. The summed E-state index contributed by atoms with van der Waals surface area (Å²) < 4.78 is 0. The number of hydrogen-bond donors (Lipinski definition) is 0. The zero-order chi connectivity index (χ0) is 18.5. The Hall–Kier alpha value is -2.82. The molecule has 0 aromatic heterocycles. The molecule has 2 amide bonds. The molecule has 0 radical (unpaired) electrons. The number of nitrogens with zero attached hydrogens (tertiary/aromatic N) is 3. The second-order valence-electron chi connectivity index (χ2n) is 6.77. The van der Waals surface area contributed by atoms with E-state index in [4.69, 9.17) is 0 Å². The van der Waals surface area contributed by atoms with Crippen molar-refractivity contribution in [2.45, 2.75) is 13.5 Å². The van der Waals surface area contributed by atoms with Crippen LogP contribution in [0.25, 0.3) is 0 Å². The van der Waals surface area contributed by atoms with Crippen molar-refractivity contribution in [2.75, 3.05) is 38.1 Å². The van der Waals surface area contributed by atoms with Gasteiger partial charge in [0, 0.05) is 45.5 Å². The van der Waals surface area contributed by atoms with Crippen LogP contribution in [0.4, 0.5) is 5.69 Å². The molecule has 0 N–H and O–H groups in total. The first-order valence-corrected chi connectivity index (χ1v) is 8.94. The molecule has 0 unspecified atom stereocenters. The molecule has 0 atom stereocenters. The summed E-state index contributed by atoms with van der Waals surface area (Å²) >= 11 is 0. The van der Waals surface area contributed by atoms with E-state index in [-0.39, 0.29) is 0 Å². The van der Waals surface area contributed by atoms with Crippen molar-refractivity contribution in [3.63, 3.8) is 0 Å². The van der Waals surface area contributed by atoms with Gasteiger partial charge in [0.1, 0.15) is 0 Å². The monoisotopic (exact) mass is 351 g/mol. The summed E-state index contributed by atoms with van der Waals surface area (Å²) in [6.07, 6.45) is 0. The highest BCUT2D eigenvalue weighted by molar-refractivity contribution is 6.34. The van der Waals surface area contributed by atoms with Crippen molar-refractivity contribution in [1.29, 1.82) is 0 Å².